The number of carbonyl (C=O) groups is 2. The van der Waals surface area contributed by atoms with Crippen LogP contribution < -0.4 is 0 Å². The molecule has 0 radical (unpaired) electrons. The number of hydrogen-bond donors (Lipinski definition) is 2. The molecule has 4 nitrogen and oxygen atoms in total. The van der Waals surface area contributed by atoms with Crippen LogP contribution in [0.2, 0.25) is 0 Å². The fourth-order valence-electron chi connectivity index (χ4n) is 0.774. The molecule has 0 aliphatic carbocycles. The Hall–Kier alpha value is -0.880. The molecule has 0 saturated carbocycles. The Morgan fingerprint density at radius 3 is 1.50 bits per heavy atom. The molecule has 0 unspecified atom stereocenters. The maximum atomic E-state index is 10.3. The molecule has 6 heteroatoms. The molecule has 0 spiro atoms. The van der Waals surface area contributed by atoms with Gasteiger partial charge in [0, 0.05) is 23.7 Å². The monoisotopic (exact) mass is 262 g/mol. The van der Waals surface area contributed by atoms with E-state index < -0.39 is 11.9 Å². The van der Waals surface area contributed by atoms with Crippen LogP contribution in [-0.2, 0) is 9.59 Å². The van der Waals surface area contributed by atoms with Gasteiger partial charge in [0.1, 0.15) is 0 Å². The second kappa shape index (κ2) is 8.29. The van der Waals surface area contributed by atoms with E-state index in [1.807, 2.05) is 0 Å². The van der Waals surface area contributed by atoms with Crippen LogP contribution in [0.15, 0.2) is 23.3 Å². The number of aliphatic carboxylic acids is 2. The van der Waals surface area contributed by atoms with Crippen molar-refractivity contribution in [2.24, 2.45) is 0 Å². The first-order valence-electron chi connectivity index (χ1n) is 4.46. The van der Waals surface area contributed by atoms with Crippen LogP contribution in [0, 0.1) is 0 Å². The van der Waals surface area contributed by atoms with Gasteiger partial charge in [-0.05, 0) is 13.8 Å². The third-order valence-electron chi connectivity index (χ3n) is 1.40. The molecule has 0 heterocycles. The molecule has 0 aromatic carbocycles. The van der Waals surface area contributed by atoms with Crippen molar-refractivity contribution < 1.29 is 19.8 Å². The molecule has 0 aliphatic rings. The summed E-state index contributed by atoms with van der Waals surface area (Å²) < 4.78 is 0. The van der Waals surface area contributed by atoms with E-state index in [9.17, 15) is 9.59 Å². The summed E-state index contributed by atoms with van der Waals surface area (Å²) in [5.41, 5.74) is 1.56. The molecule has 16 heavy (non-hydrogen) atoms. The van der Waals surface area contributed by atoms with Crippen LogP contribution in [0.3, 0.4) is 0 Å². The molecule has 90 valence electrons. The van der Waals surface area contributed by atoms with Crippen LogP contribution in [-0.4, -0.2) is 33.7 Å². The van der Waals surface area contributed by atoms with Gasteiger partial charge in [0.15, 0.2) is 0 Å². The highest BCUT2D eigenvalue weighted by atomic mass is 33.1. The standard InChI is InChI=1S/C10H14O4S2/c1-7(3-9(11)12)5-15-16-6-8(2)4-10(13)14/h3-4H,5-6H2,1-2H3,(H,11,12)(H,13,14). The Labute approximate surface area is 102 Å². The molecule has 0 atom stereocenters. The van der Waals surface area contributed by atoms with Crippen LogP contribution in [0.5, 0.6) is 0 Å². The maximum Gasteiger partial charge on any atom is 0.328 e. The van der Waals surface area contributed by atoms with E-state index in [4.69, 9.17) is 10.2 Å². The Morgan fingerprint density at radius 1 is 0.938 bits per heavy atom. The van der Waals surface area contributed by atoms with Crippen LogP contribution >= 0.6 is 21.6 Å². The van der Waals surface area contributed by atoms with Gasteiger partial charge >= 0.3 is 11.9 Å². The zero-order chi connectivity index (χ0) is 12.6. The zero-order valence-electron chi connectivity index (χ0n) is 9.10. The van der Waals surface area contributed by atoms with E-state index >= 15 is 0 Å². The van der Waals surface area contributed by atoms with Gasteiger partial charge in [-0.25, -0.2) is 9.59 Å². The van der Waals surface area contributed by atoms with Gasteiger partial charge in [-0.15, -0.1) is 0 Å². The van der Waals surface area contributed by atoms with Crippen molar-refractivity contribution in [1.29, 1.82) is 0 Å². The van der Waals surface area contributed by atoms with E-state index in [0.717, 1.165) is 11.1 Å². The molecule has 0 rings (SSSR count). The molecule has 0 aromatic rings. The Bertz CT molecular complexity index is 289. The lowest BCUT2D eigenvalue weighted by Gasteiger charge is -2.01. The maximum absolute atomic E-state index is 10.3. The molecular formula is C10H14O4S2. The van der Waals surface area contributed by atoms with Crippen LogP contribution in [0.25, 0.3) is 0 Å². The topological polar surface area (TPSA) is 74.6 Å². The lowest BCUT2D eigenvalue weighted by molar-refractivity contribution is -0.132. The fraction of sp³-hybridized carbons (Fsp3) is 0.400. The van der Waals surface area contributed by atoms with E-state index in [1.54, 1.807) is 13.8 Å². The van der Waals surface area contributed by atoms with Crippen molar-refractivity contribution in [2.75, 3.05) is 11.5 Å². The number of hydrogen-bond acceptors (Lipinski definition) is 4. The number of carboxylic acids is 2. The number of carboxylic acid groups (broad SMARTS) is 2. The fourth-order valence-corrected chi connectivity index (χ4v) is 3.09. The highest BCUT2D eigenvalue weighted by molar-refractivity contribution is 8.76. The van der Waals surface area contributed by atoms with Crippen molar-refractivity contribution in [3.8, 4) is 0 Å². The summed E-state index contributed by atoms with van der Waals surface area (Å²) in [6.07, 6.45) is 2.35. The van der Waals surface area contributed by atoms with E-state index in [-0.39, 0.29) is 0 Å². The molecule has 0 saturated heterocycles. The smallest absolute Gasteiger partial charge is 0.328 e. The van der Waals surface area contributed by atoms with Crippen molar-refractivity contribution in [1.82, 2.24) is 0 Å². The second-order valence-electron chi connectivity index (χ2n) is 3.18. The van der Waals surface area contributed by atoms with Crippen molar-refractivity contribution in [3.63, 3.8) is 0 Å². The average molecular weight is 262 g/mol. The Balaban J connectivity index is 3.77. The number of rotatable bonds is 7. The first-order chi connectivity index (χ1) is 7.41. The molecule has 0 fully saturated rings. The predicted octanol–water partition coefficient (Wildman–Crippen LogP) is 2.43. The first kappa shape index (κ1) is 15.1. The molecule has 0 aliphatic heterocycles. The quantitative estimate of drug-likeness (QED) is 0.417. The highest BCUT2D eigenvalue weighted by Crippen LogP contribution is 2.25. The summed E-state index contributed by atoms with van der Waals surface area (Å²) in [4.78, 5) is 20.6. The first-order valence-corrected chi connectivity index (χ1v) is 6.95. The van der Waals surface area contributed by atoms with E-state index in [1.165, 1.54) is 33.7 Å². The minimum absolute atomic E-state index is 0.622. The van der Waals surface area contributed by atoms with Gasteiger partial charge < -0.3 is 10.2 Å². The Morgan fingerprint density at radius 2 is 1.25 bits per heavy atom. The predicted molar refractivity (Wildman–Crippen MR) is 67.7 cm³/mol. The third-order valence-corrected chi connectivity index (χ3v) is 3.92. The Kier molecular flexibility index (Phi) is 7.84. The molecule has 0 amide bonds. The van der Waals surface area contributed by atoms with E-state index in [2.05, 4.69) is 0 Å². The zero-order valence-corrected chi connectivity index (χ0v) is 10.7. The summed E-state index contributed by atoms with van der Waals surface area (Å²) in [7, 11) is 3.02. The van der Waals surface area contributed by atoms with Gasteiger partial charge in [-0.2, -0.15) is 0 Å². The minimum Gasteiger partial charge on any atom is -0.478 e. The summed E-state index contributed by atoms with van der Waals surface area (Å²) in [5, 5.41) is 16.9. The largest absolute Gasteiger partial charge is 0.478 e. The van der Waals surface area contributed by atoms with Gasteiger partial charge in [-0.3, -0.25) is 0 Å². The summed E-state index contributed by atoms with van der Waals surface area (Å²) in [5.74, 6) is -0.635. The van der Waals surface area contributed by atoms with E-state index in [0.29, 0.717) is 11.5 Å². The van der Waals surface area contributed by atoms with Crippen molar-refractivity contribution in [3.05, 3.63) is 23.3 Å². The lowest BCUT2D eigenvalue weighted by Crippen LogP contribution is -1.92. The highest BCUT2D eigenvalue weighted by Gasteiger charge is 1.98. The van der Waals surface area contributed by atoms with Crippen molar-refractivity contribution in [2.45, 2.75) is 13.8 Å². The molecular weight excluding hydrogens is 248 g/mol. The van der Waals surface area contributed by atoms with Crippen LogP contribution in [0.4, 0.5) is 0 Å². The van der Waals surface area contributed by atoms with Gasteiger partial charge in [0.2, 0.25) is 0 Å². The van der Waals surface area contributed by atoms with Crippen LogP contribution in [0.1, 0.15) is 13.8 Å². The van der Waals surface area contributed by atoms with Gasteiger partial charge in [0.05, 0.1) is 0 Å². The molecule has 0 bridgehead atoms. The third kappa shape index (κ3) is 9.67. The summed E-state index contributed by atoms with van der Waals surface area (Å²) >= 11 is 0. The SMILES string of the molecule is CC(=CC(=O)O)CSSCC(C)=CC(=O)O. The van der Waals surface area contributed by atoms with Gasteiger partial charge in [-0.1, -0.05) is 32.7 Å². The summed E-state index contributed by atoms with van der Waals surface area (Å²) in [6, 6.07) is 0. The lowest BCUT2D eigenvalue weighted by atomic mass is 10.3. The second-order valence-corrected chi connectivity index (χ2v) is 5.65. The molecule has 2 N–H and O–H groups in total. The van der Waals surface area contributed by atoms with Crippen molar-refractivity contribution >= 4 is 33.5 Å². The normalized spacial score (nSPS) is 12.6. The molecule has 0 aromatic heterocycles. The summed E-state index contributed by atoms with van der Waals surface area (Å²) in [6.45, 7) is 3.50. The average Bonchev–Trinajstić information content (AvgIpc) is 2.10. The van der Waals surface area contributed by atoms with Gasteiger partial charge in [0.25, 0.3) is 0 Å². The minimum atomic E-state index is -0.940.